The van der Waals surface area contributed by atoms with E-state index >= 15 is 0 Å². The second-order valence-electron chi connectivity index (χ2n) is 4.47. The molecule has 2 aromatic carbocycles. The molecule has 2 aromatic rings. The molecule has 0 unspecified atom stereocenters. The Balaban J connectivity index is 2.34. The van der Waals surface area contributed by atoms with E-state index in [0.29, 0.717) is 11.4 Å². The van der Waals surface area contributed by atoms with Crippen molar-refractivity contribution >= 4 is 17.6 Å². The molecule has 104 valence electrons. The number of aliphatic carboxylic acids is 1. The zero-order valence-corrected chi connectivity index (χ0v) is 11.9. The summed E-state index contributed by atoms with van der Waals surface area (Å²) >= 11 is 5.88. The highest BCUT2D eigenvalue weighted by atomic mass is 35.5. The lowest BCUT2D eigenvalue weighted by Gasteiger charge is -2.09. The van der Waals surface area contributed by atoms with E-state index in [1.807, 2.05) is 42.5 Å². The van der Waals surface area contributed by atoms with Crippen LogP contribution in [0.2, 0.25) is 5.02 Å². The maximum atomic E-state index is 10.7. The lowest BCUT2D eigenvalue weighted by molar-refractivity contribution is -0.136. The molecule has 0 amide bonds. The maximum absolute atomic E-state index is 10.7. The summed E-state index contributed by atoms with van der Waals surface area (Å²) in [6.45, 7) is 0. The molecule has 1 N–H and O–H groups in total. The van der Waals surface area contributed by atoms with E-state index in [2.05, 4.69) is 0 Å². The summed E-state index contributed by atoms with van der Waals surface area (Å²) in [7, 11) is 1.60. The predicted octanol–water partition coefficient (Wildman–Crippen LogP) is 4.03. The number of hydrogen-bond donors (Lipinski definition) is 1. The Kier molecular flexibility index (Phi) is 4.64. The number of methoxy groups -OCH3 is 1. The van der Waals surface area contributed by atoms with Gasteiger partial charge < -0.3 is 9.84 Å². The van der Waals surface area contributed by atoms with Crippen LogP contribution in [0.25, 0.3) is 11.1 Å². The van der Waals surface area contributed by atoms with Crippen molar-refractivity contribution < 1.29 is 14.6 Å². The smallest absolute Gasteiger partial charge is 0.303 e. The third kappa shape index (κ3) is 3.75. The van der Waals surface area contributed by atoms with Crippen LogP contribution >= 0.6 is 11.6 Å². The largest absolute Gasteiger partial charge is 0.497 e. The normalized spacial score (nSPS) is 10.3. The molecule has 0 radical (unpaired) electrons. The van der Waals surface area contributed by atoms with Crippen LogP contribution in [0.4, 0.5) is 0 Å². The van der Waals surface area contributed by atoms with Gasteiger partial charge in [0.15, 0.2) is 0 Å². The topological polar surface area (TPSA) is 46.5 Å². The fourth-order valence-corrected chi connectivity index (χ4v) is 2.11. The molecule has 4 heteroatoms. The van der Waals surface area contributed by atoms with E-state index in [9.17, 15) is 4.79 Å². The van der Waals surface area contributed by atoms with Crippen molar-refractivity contribution in [2.24, 2.45) is 0 Å². The maximum Gasteiger partial charge on any atom is 0.303 e. The Labute approximate surface area is 122 Å². The second-order valence-corrected chi connectivity index (χ2v) is 4.91. The first-order valence-corrected chi connectivity index (χ1v) is 6.62. The van der Waals surface area contributed by atoms with Crippen LogP contribution in [0.5, 0.6) is 5.75 Å². The lowest BCUT2D eigenvalue weighted by atomic mass is 10.0. The van der Waals surface area contributed by atoms with Gasteiger partial charge in [-0.1, -0.05) is 29.8 Å². The van der Waals surface area contributed by atoms with Gasteiger partial charge in [-0.3, -0.25) is 4.79 Å². The number of ether oxygens (including phenoxy) is 1. The highest BCUT2D eigenvalue weighted by Gasteiger charge is 2.06. The van der Waals surface area contributed by atoms with Crippen LogP contribution in [0, 0.1) is 0 Å². The van der Waals surface area contributed by atoms with Gasteiger partial charge in [-0.15, -0.1) is 0 Å². The average Bonchev–Trinajstić information content (AvgIpc) is 2.45. The summed E-state index contributed by atoms with van der Waals surface area (Å²) in [5.74, 6) is -0.0845. The fourth-order valence-electron chi connectivity index (χ4n) is 1.98. The quantitative estimate of drug-likeness (QED) is 0.904. The van der Waals surface area contributed by atoms with E-state index in [0.717, 1.165) is 22.4 Å². The van der Waals surface area contributed by atoms with E-state index in [1.165, 1.54) is 0 Å². The molecule has 0 bridgehead atoms. The van der Waals surface area contributed by atoms with E-state index in [4.69, 9.17) is 21.4 Å². The number of aryl methyl sites for hydroxylation is 1. The van der Waals surface area contributed by atoms with E-state index in [1.54, 1.807) is 7.11 Å². The van der Waals surface area contributed by atoms with Crippen molar-refractivity contribution in [3.05, 3.63) is 53.1 Å². The van der Waals surface area contributed by atoms with Crippen molar-refractivity contribution in [2.45, 2.75) is 12.8 Å². The molecule has 0 atom stereocenters. The van der Waals surface area contributed by atoms with Gasteiger partial charge in [0.05, 0.1) is 7.11 Å². The molecule has 0 saturated carbocycles. The molecule has 0 spiro atoms. The number of rotatable bonds is 5. The Bertz CT molecular complexity index is 606. The molecule has 20 heavy (non-hydrogen) atoms. The molecule has 2 rings (SSSR count). The predicted molar refractivity (Wildman–Crippen MR) is 79.4 cm³/mol. The van der Waals surface area contributed by atoms with Gasteiger partial charge in [0.2, 0.25) is 0 Å². The number of carboxylic acid groups (broad SMARTS) is 1. The lowest BCUT2D eigenvalue weighted by Crippen LogP contribution is -1.98. The van der Waals surface area contributed by atoms with Gasteiger partial charge in [0.1, 0.15) is 5.75 Å². The average molecular weight is 291 g/mol. The summed E-state index contributed by atoms with van der Waals surface area (Å²) in [4.78, 5) is 10.7. The third-order valence-electron chi connectivity index (χ3n) is 3.01. The van der Waals surface area contributed by atoms with Gasteiger partial charge >= 0.3 is 5.97 Å². The van der Waals surface area contributed by atoms with Crippen LogP contribution in [-0.2, 0) is 11.2 Å². The van der Waals surface area contributed by atoms with Crippen molar-refractivity contribution in [1.82, 2.24) is 0 Å². The van der Waals surface area contributed by atoms with Crippen molar-refractivity contribution in [3.8, 4) is 16.9 Å². The second kappa shape index (κ2) is 6.44. The summed E-state index contributed by atoms with van der Waals surface area (Å²) in [6, 6.07) is 13.3. The van der Waals surface area contributed by atoms with E-state index < -0.39 is 5.97 Å². The van der Waals surface area contributed by atoms with Crippen LogP contribution < -0.4 is 4.74 Å². The summed E-state index contributed by atoms with van der Waals surface area (Å²) < 4.78 is 5.27. The first-order chi connectivity index (χ1) is 9.58. The number of carboxylic acids is 1. The fraction of sp³-hybridized carbons (Fsp3) is 0.188. The summed E-state index contributed by atoms with van der Waals surface area (Å²) in [5, 5.41) is 9.46. The molecule has 0 saturated heterocycles. The zero-order valence-electron chi connectivity index (χ0n) is 11.1. The molecule has 0 aromatic heterocycles. The highest BCUT2D eigenvalue weighted by molar-refractivity contribution is 6.30. The Morgan fingerprint density at radius 1 is 1.15 bits per heavy atom. The third-order valence-corrected chi connectivity index (χ3v) is 3.26. The van der Waals surface area contributed by atoms with Crippen molar-refractivity contribution in [2.75, 3.05) is 7.11 Å². The van der Waals surface area contributed by atoms with Crippen molar-refractivity contribution in [3.63, 3.8) is 0 Å². The molecule has 0 aliphatic rings. The van der Waals surface area contributed by atoms with Crippen LogP contribution in [0.3, 0.4) is 0 Å². The molecule has 0 fully saturated rings. The summed E-state index contributed by atoms with van der Waals surface area (Å²) in [6.07, 6.45) is 0.584. The van der Waals surface area contributed by atoms with Crippen LogP contribution in [0.1, 0.15) is 12.0 Å². The number of benzene rings is 2. The monoisotopic (exact) mass is 290 g/mol. The Morgan fingerprint density at radius 3 is 2.45 bits per heavy atom. The van der Waals surface area contributed by atoms with Crippen LogP contribution in [-0.4, -0.2) is 18.2 Å². The Hall–Kier alpha value is -2.00. The van der Waals surface area contributed by atoms with Gasteiger partial charge in [-0.25, -0.2) is 0 Å². The van der Waals surface area contributed by atoms with Crippen molar-refractivity contribution in [1.29, 1.82) is 0 Å². The van der Waals surface area contributed by atoms with Gasteiger partial charge in [0.25, 0.3) is 0 Å². The van der Waals surface area contributed by atoms with Gasteiger partial charge in [-0.2, -0.15) is 0 Å². The summed E-state index contributed by atoms with van der Waals surface area (Å²) in [5.41, 5.74) is 2.95. The molecule has 0 aliphatic heterocycles. The first-order valence-electron chi connectivity index (χ1n) is 6.24. The minimum Gasteiger partial charge on any atom is -0.497 e. The van der Waals surface area contributed by atoms with Crippen LogP contribution in [0.15, 0.2) is 42.5 Å². The molecule has 3 nitrogen and oxygen atoms in total. The molecule has 0 heterocycles. The minimum atomic E-state index is -0.805. The Morgan fingerprint density at radius 2 is 1.85 bits per heavy atom. The standard InChI is InChI=1S/C16H15ClO3/c1-20-15-9-11(2-7-16(18)19)8-13(10-15)12-3-5-14(17)6-4-12/h3-6,8-10H,2,7H2,1H3,(H,18,19). The first kappa shape index (κ1) is 14.4. The SMILES string of the molecule is COc1cc(CCC(=O)O)cc(-c2ccc(Cl)cc2)c1. The van der Waals surface area contributed by atoms with E-state index in [-0.39, 0.29) is 6.42 Å². The number of halogens is 1. The molecular weight excluding hydrogens is 276 g/mol. The highest BCUT2D eigenvalue weighted by Crippen LogP contribution is 2.27. The number of hydrogen-bond acceptors (Lipinski definition) is 2. The zero-order chi connectivity index (χ0) is 14.5. The minimum absolute atomic E-state index is 0.104. The van der Waals surface area contributed by atoms with Gasteiger partial charge in [-0.05, 0) is 47.4 Å². The molecule has 0 aliphatic carbocycles. The molecular formula is C16H15ClO3. The number of carbonyl (C=O) groups is 1. The van der Waals surface area contributed by atoms with Gasteiger partial charge in [0, 0.05) is 11.4 Å².